The van der Waals surface area contributed by atoms with Gasteiger partial charge < -0.3 is 5.32 Å². The maximum Gasteiger partial charge on any atom is 0.322 e. The lowest BCUT2D eigenvalue weighted by molar-refractivity contribution is -0.145. The molecule has 122 valence electrons. The van der Waals surface area contributed by atoms with Gasteiger partial charge in [0, 0.05) is 17.9 Å². The highest BCUT2D eigenvalue weighted by atomic mass is 16.2. The molecule has 2 rings (SSSR count). The number of nitrogens with zero attached hydrogens (tertiary/aromatic N) is 1. The second kappa shape index (κ2) is 5.07. The van der Waals surface area contributed by atoms with Gasteiger partial charge in [0.2, 0.25) is 11.8 Å². The first-order chi connectivity index (χ1) is 9.93. The molecular formula is C15H23N3O4. The van der Waals surface area contributed by atoms with Crippen LogP contribution in [-0.4, -0.2) is 40.2 Å². The summed E-state index contributed by atoms with van der Waals surface area (Å²) in [6.07, 6.45) is 0.518. The van der Waals surface area contributed by atoms with Crippen LogP contribution in [0.4, 0.5) is 4.79 Å². The van der Waals surface area contributed by atoms with Crippen LogP contribution in [0.25, 0.3) is 0 Å². The van der Waals surface area contributed by atoms with Crippen LogP contribution < -0.4 is 10.6 Å². The second-order valence-corrected chi connectivity index (χ2v) is 7.73. The Hall–Kier alpha value is -1.92. The van der Waals surface area contributed by atoms with Crippen molar-refractivity contribution in [2.24, 2.45) is 11.3 Å². The fraction of sp³-hybridized carbons (Fsp3) is 0.733. The van der Waals surface area contributed by atoms with E-state index in [1.165, 1.54) is 4.90 Å². The molecule has 0 saturated carbocycles. The van der Waals surface area contributed by atoms with Gasteiger partial charge >= 0.3 is 6.03 Å². The summed E-state index contributed by atoms with van der Waals surface area (Å²) in [5.74, 6) is -1.22. The molecule has 2 N–H and O–H groups in total. The lowest BCUT2D eigenvalue weighted by atomic mass is 9.76. The van der Waals surface area contributed by atoms with E-state index in [0.717, 1.165) is 0 Å². The van der Waals surface area contributed by atoms with Gasteiger partial charge in [0.1, 0.15) is 6.04 Å². The normalized spacial score (nSPS) is 26.5. The first-order valence-corrected chi connectivity index (χ1v) is 7.42. The summed E-state index contributed by atoms with van der Waals surface area (Å²) >= 11 is 0. The number of urea groups is 1. The number of hydrogen-bond donors (Lipinski definition) is 2. The Morgan fingerprint density at radius 3 is 2.09 bits per heavy atom. The van der Waals surface area contributed by atoms with Crippen molar-refractivity contribution in [3.05, 3.63) is 0 Å². The summed E-state index contributed by atoms with van der Waals surface area (Å²) in [6.45, 7) is 9.10. The van der Waals surface area contributed by atoms with Gasteiger partial charge in [-0.05, 0) is 32.6 Å². The molecule has 2 atom stereocenters. The zero-order valence-corrected chi connectivity index (χ0v) is 13.6. The maximum atomic E-state index is 12.5. The van der Waals surface area contributed by atoms with Crippen LogP contribution in [0.1, 0.15) is 47.5 Å². The van der Waals surface area contributed by atoms with Crippen molar-refractivity contribution in [1.29, 1.82) is 0 Å². The van der Waals surface area contributed by atoms with Crippen LogP contribution in [0.2, 0.25) is 0 Å². The summed E-state index contributed by atoms with van der Waals surface area (Å²) in [5, 5.41) is 4.78. The molecule has 2 unspecified atom stereocenters. The van der Waals surface area contributed by atoms with Crippen molar-refractivity contribution in [1.82, 2.24) is 15.5 Å². The third kappa shape index (κ3) is 2.84. The van der Waals surface area contributed by atoms with E-state index >= 15 is 0 Å². The summed E-state index contributed by atoms with van der Waals surface area (Å²) in [6, 6.07) is -1.21. The molecule has 0 radical (unpaired) electrons. The number of carbonyl (C=O) groups excluding carboxylic acids is 4. The molecular weight excluding hydrogens is 286 g/mol. The van der Waals surface area contributed by atoms with Crippen molar-refractivity contribution >= 4 is 23.8 Å². The van der Waals surface area contributed by atoms with E-state index in [1.807, 2.05) is 34.6 Å². The molecule has 0 aromatic rings. The van der Waals surface area contributed by atoms with Gasteiger partial charge in [-0.3, -0.25) is 24.6 Å². The Bertz CT molecular complexity index is 547. The Labute approximate surface area is 129 Å². The minimum atomic E-state index is -0.688. The van der Waals surface area contributed by atoms with Crippen LogP contribution in [0.15, 0.2) is 0 Å². The molecule has 22 heavy (non-hydrogen) atoms. The minimum Gasteiger partial charge on any atom is -0.325 e. The van der Waals surface area contributed by atoms with E-state index in [9.17, 15) is 19.2 Å². The van der Waals surface area contributed by atoms with Crippen LogP contribution >= 0.6 is 0 Å². The summed E-state index contributed by atoms with van der Waals surface area (Å²) in [5.41, 5.74) is -1.17. The highest BCUT2D eigenvalue weighted by Gasteiger charge is 2.49. The molecule has 2 fully saturated rings. The molecule has 7 heteroatoms. The molecule has 2 aliphatic rings. The SMILES string of the molecule is CC(C)(CC1CC(=O)N(C(C)(C)C)C1=O)C1NC(=O)NC1=O. The first-order valence-electron chi connectivity index (χ1n) is 7.42. The number of rotatable bonds is 3. The van der Waals surface area contributed by atoms with E-state index in [1.54, 1.807) is 0 Å². The van der Waals surface area contributed by atoms with Gasteiger partial charge in [0.15, 0.2) is 0 Å². The molecule has 0 aromatic heterocycles. The number of nitrogens with one attached hydrogen (secondary N) is 2. The Balaban J connectivity index is 2.14. The van der Waals surface area contributed by atoms with E-state index in [-0.39, 0.29) is 24.1 Å². The first kappa shape index (κ1) is 16.5. The van der Waals surface area contributed by atoms with Crippen molar-refractivity contribution in [3.63, 3.8) is 0 Å². The number of hydrogen-bond acceptors (Lipinski definition) is 4. The van der Waals surface area contributed by atoms with Crippen molar-refractivity contribution in [2.45, 2.75) is 59.0 Å². The molecule has 0 aromatic carbocycles. The smallest absolute Gasteiger partial charge is 0.322 e. The zero-order valence-electron chi connectivity index (χ0n) is 13.6. The number of likely N-dealkylation sites (tertiary alicyclic amines) is 1. The van der Waals surface area contributed by atoms with Gasteiger partial charge in [-0.15, -0.1) is 0 Å². The largest absolute Gasteiger partial charge is 0.325 e. The molecule has 0 bridgehead atoms. The van der Waals surface area contributed by atoms with Gasteiger partial charge in [-0.25, -0.2) is 4.79 Å². The number of carbonyl (C=O) groups is 4. The molecule has 2 saturated heterocycles. The third-order valence-corrected chi connectivity index (χ3v) is 4.24. The maximum absolute atomic E-state index is 12.5. The molecule has 2 aliphatic heterocycles. The van der Waals surface area contributed by atoms with Gasteiger partial charge in [0.25, 0.3) is 5.91 Å². The lowest BCUT2D eigenvalue weighted by Gasteiger charge is -2.33. The van der Waals surface area contributed by atoms with Crippen molar-refractivity contribution in [2.75, 3.05) is 0 Å². The standard InChI is InChI=1S/C15H23N3O4/c1-14(2,3)18-9(19)6-8(12(18)21)7-15(4,5)10-11(20)17-13(22)16-10/h8,10H,6-7H2,1-5H3,(H2,16,17,20,22). The van der Waals surface area contributed by atoms with E-state index in [4.69, 9.17) is 0 Å². The molecule has 5 amide bonds. The predicted molar refractivity (Wildman–Crippen MR) is 78.6 cm³/mol. The number of amides is 5. The summed E-state index contributed by atoms with van der Waals surface area (Å²) in [7, 11) is 0. The molecule has 0 aliphatic carbocycles. The quantitative estimate of drug-likeness (QED) is 0.595. The average molecular weight is 309 g/mol. The number of imide groups is 2. The average Bonchev–Trinajstić information content (AvgIpc) is 2.78. The Morgan fingerprint density at radius 2 is 1.68 bits per heavy atom. The lowest BCUT2D eigenvalue weighted by Crippen LogP contribution is -2.47. The Kier molecular flexibility index (Phi) is 3.79. The van der Waals surface area contributed by atoms with Crippen LogP contribution in [-0.2, 0) is 14.4 Å². The Morgan fingerprint density at radius 1 is 1.09 bits per heavy atom. The van der Waals surface area contributed by atoms with Crippen LogP contribution in [0, 0.1) is 11.3 Å². The van der Waals surface area contributed by atoms with Crippen LogP contribution in [0.5, 0.6) is 0 Å². The zero-order chi connectivity index (χ0) is 16.9. The summed E-state index contributed by atoms with van der Waals surface area (Å²) in [4.78, 5) is 49.0. The second-order valence-electron chi connectivity index (χ2n) is 7.73. The third-order valence-electron chi connectivity index (χ3n) is 4.24. The van der Waals surface area contributed by atoms with Crippen molar-refractivity contribution < 1.29 is 19.2 Å². The fourth-order valence-electron chi connectivity index (χ4n) is 3.28. The minimum absolute atomic E-state index is 0.155. The highest BCUT2D eigenvalue weighted by Crippen LogP contribution is 2.37. The van der Waals surface area contributed by atoms with E-state index in [2.05, 4.69) is 10.6 Å². The van der Waals surface area contributed by atoms with Crippen LogP contribution in [0.3, 0.4) is 0 Å². The molecule has 2 heterocycles. The molecule has 0 spiro atoms. The van der Waals surface area contributed by atoms with E-state index in [0.29, 0.717) is 6.42 Å². The summed E-state index contributed by atoms with van der Waals surface area (Å²) < 4.78 is 0. The monoisotopic (exact) mass is 309 g/mol. The van der Waals surface area contributed by atoms with Gasteiger partial charge in [-0.1, -0.05) is 13.8 Å². The molecule has 7 nitrogen and oxygen atoms in total. The fourth-order valence-corrected chi connectivity index (χ4v) is 3.28. The van der Waals surface area contributed by atoms with Crippen molar-refractivity contribution in [3.8, 4) is 0 Å². The highest BCUT2D eigenvalue weighted by molar-refractivity contribution is 6.05. The van der Waals surface area contributed by atoms with Gasteiger partial charge in [0.05, 0.1) is 0 Å². The van der Waals surface area contributed by atoms with E-state index < -0.39 is 28.9 Å². The topological polar surface area (TPSA) is 95.6 Å². The predicted octanol–water partition coefficient (Wildman–Crippen LogP) is 0.784. The van der Waals surface area contributed by atoms with Gasteiger partial charge in [-0.2, -0.15) is 0 Å².